The van der Waals surface area contributed by atoms with E-state index in [-0.39, 0.29) is 12.0 Å². The molecule has 2 aromatic heterocycles. The third kappa shape index (κ3) is 4.28. The van der Waals surface area contributed by atoms with Gasteiger partial charge in [0.05, 0.1) is 5.39 Å². The summed E-state index contributed by atoms with van der Waals surface area (Å²) in [5.41, 5.74) is 6.46. The number of nitrogens with zero attached hydrogens (tertiary/aromatic N) is 3. The van der Waals surface area contributed by atoms with Crippen LogP contribution in [-0.4, -0.2) is 70.3 Å². The molecule has 3 heterocycles. The molecule has 2 aliphatic carbocycles. The SMILES string of the molecule is NC(=O)[C@@H](O)C[C@H]1CCc2sc3ncnc(O[C@H]4CC[C@H](N5CCNCC5)CC4)c3c21. The Bertz CT molecular complexity index is 937. The second-order valence-corrected chi connectivity index (χ2v) is 10.1. The third-order valence-electron chi connectivity index (χ3n) is 7.12. The van der Waals surface area contributed by atoms with E-state index >= 15 is 0 Å². The molecule has 168 valence electrons. The maximum Gasteiger partial charge on any atom is 0.246 e. The second kappa shape index (κ2) is 8.97. The molecule has 0 bridgehead atoms. The molecule has 2 fully saturated rings. The van der Waals surface area contributed by atoms with Crippen LogP contribution in [0, 0.1) is 0 Å². The van der Waals surface area contributed by atoms with Crippen molar-refractivity contribution in [2.24, 2.45) is 5.73 Å². The Balaban J connectivity index is 1.31. The van der Waals surface area contributed by atoms with Gasteiger partial charge in [0.2, 0.25) is 11.8 Å². The molecule has 1 aliphatic heterocycles. The number of ether oxygens (including phenoxy) is 1. The fourth-order valence-electron chi connectivity index (χ4n) is 5.48. The number of fused-ring (bicyclic) bond motifs is 3. The number of hydrogen-bond acceptors (Lipinski definition) is 8. The Morgan fingerprint density at radius 3 is 2.77 bits per heavy atom. The number of rotatable bonds is 6. The van der Waals surface area contributed by atoms with Crippen LogP contribution in [0.25, 0.3) is 10.2 Å². The molecule has 2 aromatic rings. The Morgan fingerprint density at radius 1 is 1.26 bits per heavy atom. The average Bonchev–Trinajstić information content (AvgIpc) is 3.35. The third-order valence-corrected chi connectivity index (χ3v) is 8.29. The number of thiophene rings is 1. The number of nitrogens with two attached hydrogens (primary N) is 1. The Hall–Kier alpha value is -1.81. The molecular formula is C22H31N5O3S. The highest BCUT2D eigenvalue weighted by Gasteiger charge is 2.34. The standard InChI is InChI=1S/C22H31N5O3S/c23-20(29)16(28)11-13-1-6-17-18(13)19-21(25-12-26-22(19)31-17)30-15-4-2-14(3-5-15)27-9-7-24-8-10-27/h12-16,24,28H,1-11H2,(H2,23,29)/t13-,14-,15-,16+/m1/s1. The van der Waals surface area contributed by atoms with Crippen LogP contribution in [0.15, 0.2) is 6.33 Å². The van der Waals surface area contributed by atoms with Gasteiger partial charge in [0.15, 0.2) is 0 Å². The predicted molar refractivity (Wildman–Crippen MR) is 119 cm³/mol. The topological polar surface area (TPSA) is 114 Å². The van der Waals surface area contributed by atoms with Crippen molar-refractivity contribution in [2.45, 2.75) is 69.1 Å². The summed E-state index contributed by atoms with van der Waals surface area (Å²) >= 11 is 1.68. The van der Waals surface area contributed by atoms with Crippen molar-refractivity contribution >= 4 is 27.5 Å². The number of aryl methyl sites for hydroxylation is 1. The molecule has 8 nitrogen and oxygen atoms in total. The molecule has 31 heavy (non-hydrogen) atoms. The number of carbonyl (C=O) groups excluding carboxylic acids is 1. The first-order valence-electron chi connectivity index (χ1n) is 11.4. The van der Waals surface area contributed by atoms with E-state index in [1.807, 2.05) is 0 Å². The van der Waals surface area contributed by atoms with E-state index in [9.17, 15) is 9.90 Å². The number of primary amides is 1. The number of hydrogen-bond donors (Lipinski definition) is 3. The fraction of sp³-hybridized carbons (Fsp3) is 0.682. The maximum absolute atomic E-state index is 11.4. The van der Waals surface area contributed by atoms with Gasteiger partial charge in [-0.3, -0.25) is 9.69 Å². The summed E-state index contributed by atoms with van der Waals surface area (Å²) in [4.78, 5) is 25.2. The lowest BCUT2D eigenvalue weighted by Crippen LogP contribution is -2.50. The van der Waals surface area contributed by atoms with Crippen molar-refractivity contribution in [2.75, 3.05) is 26.2 Å². The summed E-state index contributed by atoms with van der Waals surface area (Å²) < 4.78 is 6.46. The summed E-state index contributed by atoms with van der Waals surface area (Å²) in [6.45, 7) is 4.46. The number of piperazine rings is 1. The zero-order valence-corrected chi connectivity index (χ0v) is 18.6. The summed E-state index contributed by atoms with van der Waals surface area (Å²) in [6, 6.07) is 0.664. The molecule has 1 saturated heterocycles. The van der Waals surface area contributed by atoms with Gasteiger partial charge in [-0.25, -0.2) is 9.97 Å². The molecule has 1 saturated carbocycles. The highest BCUT2D eigenvalue weighted by Crippen LogP contribution is 2.47. The van der Waals surface area contributed by atoms with Gasteiger partial charge < -0.3 is 20.9 Å². The molecule has 3 aliphatic rings. The molecular weight excluding hydrogens is 414 g/mol. The lowest BCUT2D eigenvalue weighted by molar-refractivity contribution is -0.126. The normalized spacial score (nSPS) is 27.8. The fourth-order valence-corrected chi connectivity index (χ4v) is 6.72. The number of aromatic nitrogens is 2. The summed E-state index contributed by atoms with van der Waals surface area (Å²) in [6.07, 6.45) is 7.22. The monoisotopic (exact) mass is 445 g/mol. The summed E-state index contributed by atoms with van der Waals surface area (Å²) in [5, 5.41) is 14.5. The van der Waals surface area contributed by atoms with Crippen LogP contribution in [0.4, 0.5) is 0 Å². The lowest BCUT2D eigenvalue weighted by Gasteiger charge is -2.39. The smallest absolute Gasteiger partial charge is 0.246 e. The van der Waals surface area contributed by atoms with Gasteiger partial charge in [0.1, 0.15) is 23.4 Å². The van der Waals surface area contributed by atoms with Gasteiger partial charge in [0, 0.05) is 37.1 Å². The average molecular weight is 446 g/mol. The van der Waals surface area contributed by atoms with Crippen LogP contribution in [0.2, 0.25) is 0 Å². The molecule has 0 spiro atoms. The van der Waals surface area contributed by atoms with Crippen molar-refractivity contribution in [1.82, 2.24) is 20.2 Å². The van der Waals surface area contributed by atoms with E-state index in [1.54, 1.807) is 17.7 Å². The van der Waals surface area contributed by atoms with Crippen LogP contribution < -0.4 is 15.8 Å². The lowest BCUT2D eigenvalue weighted by atomic mass is 9.91. The first-order chi connectivity index (χ1) is 15.1. The molecule has 0 aromatic carbocycles. The summed E-state index contributed by atoms with van der Waals surface area (Å²) in [5.74, 6) is 0.0820. The first-order valence-corrected chi connectivity index (χ1v) is 12.3. The van der Waals surface area contributed by atoms with E-state index < -0.39 is 12.0 Å². The van der Waals surface area contributed by atoms with E-state index in [1.165, 1.54) is 4.88 Å². The zero-order valence-electron chi connectivity index (χ0n) is 17.8. The first kappa shape index (κ1) is 21.1. The summed E-state index contributed by atoms with van der Waals surface area (Å²) in [7, 11) is 0. The van der Waals surface area contributed by atoms with Crippen molar-refractivity contribution in [3.63, 3.8) is 0 Å². The predicted octanol–water partition coefficient (Wildman–Crippen LogP) is 1.55. The molecule has 0 unspecified atom stereocenters. The number of aliphatic hydroxyl groups is 1. The van der Waals surface area contributed by atoms with Gasteiger partial charge in [-0.2, -0.15) is 0 Å². The van der Waals surface area contributed by atoms with E-state index in [0.717, 1.165) is 80.5 Å². The highest BCUT2D eigenvalue weighted by molar-refractivity contribution is 7.19. The van der Waals surface area contributed by atoms with Crippen molar-refractivity contribution in [3.8, 4) is 5.88 Å². The number of aliphatic hydroxyl groups excluding tert-OH is 1. The second-order valence-electron chi connectivity index (χ2n) is 9.02. The Morgan fingerprint density at radius 2 is 2.03 bits per heavy atom. The van der Waals surface area contributed by atoms with Gasteiger partial charge in [-0.05, 0) is 56.4 Å². The van der Waals surface area contributed by atoms with E-state index in [0.29, 0.717) is 18.3 Å². The quantitative estimate of drug-likeness (QED) is 0.618. The number of amides is 1. The van der Waals surface area contributed by atoms with Crippen LogP contribution in [-0.2, 0) is 11.2 Å². The molecule has 9 heteroatoms. The zero-order chi connectivity index (χ0) is 21.4. The minimum absolute atomic E-state index is 0.0862. The maximum atomic E-state index is 11.4. The Labute approximate surface area is 186 Å². The molecule has 4 N–H and O–H groups in total. The van der Waals surface area contributed by atoms with Gasteiger partial charge in [-0.1, -0.05) is 0 Å². The highest BCUT2D eigenvalue weighted by atomic mass is 32.1. The van der Waals surface area contributed by atoms with Gasteiger partial charge >= 0.3 is 0 Å². The van der Waals surface area contributed by atoms with Crippen LogP contribution in [0.5, 0.6) is 5.88 Å². The molecule has 0 radical (unpaired) electrons. The van der Waals surface area contributed by atoms with E-state index in [4.69, 9.17) is 10.5 Å². The molecule has 2 atom stereocenters. The van der Waals surface area contributed by atoms with E-state index in [2.05, 4.69) is 20.2 Å². The van der Waals surface area contributed by atoms with Crippen LogP contribution >= 0.6 is 11.3 Å². The Kier molecular flexibility index (Phi) is 6.10. The molecule has 5 rings (SSSR count). The number of nitrogens with one attached hydrogen (secondary N) is 1. The minimum Gasteiger partial charge on any atom is -0.474 e. The van der Waals surface area contributed by atoms with Crippen LogP contribution in [0.1, 0.15) is 54.9 Å². The minimum atomic E-state index is -1.12. The van der Waals surface area contributed by atoms with Crippen molar-refractivity contribution in [3.05, 3.63) is 16.8 Å². The van der Waals surface area contributed by atoms with Crippen molar-refractivity contribution in [1.29, 1.82) is 0 Å². The van der Waals surface area contributed by atoms with Gasteiger partial charge in [0.25, 0.3) is 0 Å². The van der Waals surface area contributed by atoms with Crippen molar-refractivity contribution < 1.29 is 14.6 Å². The largest absolute Gasteiger partial charge is 0.474 e. The number of carbonyl (C=O) groups is 1. The van der Waals surface area contributed by atoms with Crippen LogP contribution in [0.3, 0.4) is 0 Å². The van der Waals surface area contributed by atoms with Gasteiger partial charge in [-0.15, -0.1) is 11.3 Å². The molecule has 1 amide bonds.